The highest BCUT2D eigenvalue weighted by molar-refractivity contribution is 7.87. The number of carbonyl (C=O) groups excluding carboxylic acids is 2. The van der Waals surface area contributed by atoms with Crippen LogP contribution in [0.2, 0.25) is 0 Å². The van der Waals surface area contributed by atoms with Gasteiger partial charge < -0.3 is 23.7 Å². The van der Waals surface area contributed by atoms with Crippen LogP contribution in [0.15, 0.2) is 33.5 Å². The molecule has 2 saturated heterocycles. The number of nitrogens with zero attached hydrogens (tertiary/aromatic N) is 4. The Morgan fingerprint density at radius 2 is 1.72 bits per heavy atom. The summed E-state index contributed by atoms with van der Waals surface area (Å²) in [5, 5.41) is 0.811. The van der Waals surface area contributed by atoms with Gasteiger partial charge in [0.1, 0.15) is 5.58 Å². The molecule has 2 saturated carbocycles. The SMILES string of the molecule is COC[C@H]1CN(c2ccc3c4c(c(=O)oc3c2C)CN(C(=O)c2ccc(C(=O)NS(=O)(=O)N3CCCC3)c(OC3C[C@@H]5C[C@@H]5C3)c2F)CC4)CCN1C. The van der Waals surface area contributed by atoms with Crippen molar-refractivity contribution >= 4 is 38.7 Å². The first-order valence-electron chi connectivity index (χ1n) is 18.6. The first-order chi connectivity index (χ1) is 25.4. The van der Waals surface area contributed by atoms with Crippen LogP contribution in [0.5, 0.6) is 5.75 Å². The molecule has 2 aliphatic carbocycles. The lowest BCUT2D eigenvalue weighted by Gasteiger charge is -2.41. The van der Waals surface area contributed by atoms with Crippen molar-refractivity contribution in [1.29, 1.82) is 0 Å². The molecule has 53 heavy (non-hydrogen) atoms. The number of methoxy groups -OCH3 is 1. The third-order valence-corrected chi connectivity index (χ3v) is 13.4. The Bertz CT molecular complexity index is 2130. The van der Waals surface area contributed by atoms with E-state index in [9.17, 15) is 22.8 Å². The minimum atomic E-state index is -4.14. The van der Waals surface area contributed by atoms with E-state index in [0.29, 0.717) is 74.8 Å². The molecular weight excluding hydrogens is 706 g/mol. The summed E-state index contributed by atoms with van der Waals surface area (Å²) in [5.74, 6) is -2.17. The maximum absolute atomic E-state index is 16.5. The van der Waals surface area contributed by atoms with E-state index in [-0.39, 0.29) is 36.4 Å². The summed E-state index contributed by atoms with van der Waals surface area (Å²) < 4.78 is 63.0. The minimum absolute atomic E-state index is 0.0810. The van der Waals surface area contributed by atoms with Crippen LogP contribution in [-0.2, 0) is 27.9 Å². The predicted octanol–water partition coefficient (Wildman–Crippen LogP) is 3.45. The Kier molecular flexibility index (Phi) is 9.48. The Labute approximate surface area is 308 Å². The number of fused-ring (bicyclic) bond motifs is 4. The molecule has 15 heteroatoms. The number of carbonyl (C=O) groups is 2. The number of rotatable bonds is 9. The van der Waals surface area contributed by atoms with Crippen molar-refractivity contribution in [3.05, 3.63) is 68.3 Å². The van der Waals surface area contributed by atoms with Crippen LogP contribution in [0.25, 0.3) is 11.0 Å². The molecule has 0 radical (unpaired) electrons. The highest BCUT2D eigenvalue weighted by atomic mass is 32.2. The van der Waals surface area contributed by atoms with E-state index in [1.54, 1.807) is 7.11 Å². The van der Waals surface area contributed by atoms with Crippen LogP contribution in [-0.4, -0.2) is 107 Å². The lowest BCUT2D eigenvalue weighted by Crippen LogP contribution is -2.53. The van der Waals surface area contributed by atoms with Crippen molar-refractivity contribution in [2.45, 2.75) is 64.1 Å². The Balaban J connectivity index is 1.06. The van der Waals surface area contributed by atoms with Gasteiger partial charge in [0.05, 0.1) is 42.0 Å². The van der Waals surface area contributed by atoms with Crippen LogP contribution in [0, 0.1) is 24.6 Å². The second-order valence-corrected chi connectivity index (χ2v) is 16.9. The van der Waals surface area contributed by atoms with E-state index < -0.39 is 39.2 Å². The number of nitrogens with one attached hydrogen (secondary N) is 1. The molecule has 2 amide bonds. The average molecular weight is 752 g/mol. The average Bonchev–Trinajstić information content (AvgIpc) is 3.47. The van der Waals surface area contributed by atoms with Crippen molar-refractivity contribution < 1.29 is 36.3 Å². The molecule has 3 aromatic rings. The number of benzene rings is 2. The number of anilines is 1. The largest absolute Gasteiger partial charge is 0.486 e. The van der Waals surface area contributed by atoms with Crippen LogP contribution in [0.1, 0.15) is 69.5 Å². The molecule has 1 unspecified atom stereocenters. The topological polar surface area (TPSA) is 142 Å². The number of piperazine rings is 1. The standard InChI is InChI=1S/C38H46FN5O8S/c1-22-32(42-15-14-41(2)25(19-42)21-50-3)9-8-28-27-10-13-43(20-31(27)38(47)52-34(22)28)37(46)29-6-7-30(36(45)40-53(48,49)44-11-4-5-12-44)35(33(29)39)51-26-17-23-16-24(23)18-26/h6-9,23-26H,4-5,10-21H2,1-3H3,(H,40,45)/t23-,24+,25-,26?/m1/s1. The monoisotopic (exact) mass is 751 g/mol. The van der Waals surface area contributed by atoms with E-state index in [0.717, 1.165) is 48.3 Å². The first-order valence-corrected chi connectivity index (χ1v) is 20.0. The number of halogens is 1. The quantitative estimate of drug-likeness (QED) is 0.324. The zero-order valence-electron chi connectivity index (χ0n) is 30.4. The molecule has 5 aliphatic rings. The highest BCUT2D eigenvalue weighted by Gasteiger charge is 2.47. The van der Waals surface area contributed by atoms with Gasteiger partial charge in [0, 0.05) is 63.0 Å². The lowest BCUT2D eigenvalue weighted by atomic mass is 9.95. The third-order valence-electron chi connectivity index (χ3n) is 11.9. The van der Waals surface area contributed by atoms with E-state index in [2.05, 4.69) is 27.6 Å². The van der Waals surface area contributed by atoms with Gasteiger partial charge in [-0.25, -0.2) is 13.9 Å². The van der Waals surface area contributed by atoms with Gasteiger partial charge in [-0.05, 0) is 94.2 Å². The second kappa shape index (κ2) is 14.0. The molecule has 0 spiro atoms. The summed E-state index contributed by atoms with van der Waals surface area (Å²) in [5.41, 5.74) is 2.37. The molecule has 2 aromatic carbocycles. The van der Waals surface area contributed by atoms with E-state index >= 15 is 4.39 Å². The van der Waals surface area contributed by atoms with Crippen LogP contribution in [0.3, 0.4) is 0 Å². The molecule has 8 rings (SSSR count). The van der Waals surface area contributed by atoms with Gasteiger partial charge in [0.2, 0.25) is 0 Å². The number of ether oxygens (including phenoxy) is 2. The fourth-order valence-electron chi connectivity index (χ4n) is 8.78. The molecule has 1 aromatic heterocycles. The number of aryl methyl sites for hydroxylation is 1. The molecular formula is C38H46FN5O8S. The third kappa shape index (κ3) is 6.70. The molecule has 284 valence electrons. The van der Waals surface area contributed by atoms with Gasteiger partial charge in [-0.3, -0.25) is 14.5 Å². The summed E-state index contributed by atoms with van der Waals surface area (Å²) in [4.78, 5) is 46.9. The minimum Gasteiger partial charge on any atom is -0.486 e. The number of likely N-dealkylation sites (N-methyl/N-ethyl adjacent to an activating group) is 1. The smallest absolute Gasteiger partial charge is 0.341 e. The molecule has 0 bridgehead atoms. The van der Waals surface area contributed by atoms with Crippen molar-refractivity contribution in [2.75, 3.05) is 64.9 Å². The molecule has 3 aliphatic heterocycles. The van der Waals surface area contributed by atoms with Crippen molar-refractivity contribution in [2.24, 2.45) is 11.8 Å². The molecule has 4 heterocycles. The van der Waals surface area contributed by atoms with Crippen LogP contribution >= 0.6 is 0 Å². The van der Waals surface area contributed by atoms with Gasteiger partial charge >= 0.3 is 15.8 Å². The van der Waals surface area contributed by atoms with E-state index in [1.807, 2.05) is 13.0 Å². The lowest BCUT2D eigenvalue weighted by molar-refractivity contribution is 0.0725. The van der Waals surface area contributed by atoms with Crippen molar-refractivity contribution in [1.82, 2.24) is 18.8 Å². The second-order valence-electron chi connectivity index (χ2n) is 15.3. The summed E-state index contributed by atoms with van der Waals surface area (Å²) in [7, 11) is -0.353. The van der Waals surface area contributed by atoms with E-state index in [1.165, 1.54) is 21.3 Å². The van der Waals surface area contributed by atoms with Crippen LogP contribution < -0.4 is 20.0 Å². The number of hydrogen-bond donors (Lipinski definition) is 1. The zero-order valence-corrected chi connectivity index (χ0v) is 31.2. The van der Waals surface area contributed by atoms with Gasteiger partial charge in [0.25, 0.3) is 11.8 Å². The fourth-order valence-corrected chi connectivity index (χ4v) is 9.99. The summed E-state index contributed by atoms with van der Waals surface area (Å²) in [6.45, 7) is 5.76. The van der Waals surface area contributed by atoms with Crippen LogP contribution in [0.4, 0.5) is 10.1 Å². The molecule has 1 N–H and O–H groups in total. The van der Waals surface area contributed by atoms with Crippen molar-refractivity contribution in [3.63, 3.8) is 0 Å². The fraction of sp³-hybridized carbons (Fsp3) is 0.553. The summed E-state index contributed by atoms with van der Waals surface area (Å²) in [6, 6.07) is 6.70. The van der Waals surface area contributed by atoms with Gasteiger partial charge in [-0.1, -0.05) is 0 Å². The first kappa shape index (κ1) is 36.0. The highest BCUT2D eigenvalue weighted by Crippen LogP contribution is 2.53. The van der Waals surface area contributed by atoms with Gasteiger partial charge in [0.15, 0.2) is 11.6 Å². The normalized spacial score (nSPS) is 24.7. The Morgan fingerprint density at radius 3 is 2.45 bits per heavy atom. The van der Waals surface area contributed by atoms with Crippen molar-refractivity contribution in [3.8, 4) is 5.75 Å². The maximum atomic E-state index is 16.5. The number of amides is 2. The summed E-state index contributed by atoms with van der Waals surface area (Å²) >= 11 is 0. The zero-order chi connectivity index (χ0) is 37.2. The van der Waals surface area contributed by atoms with Gasteiger partial charge in [-0.15, -0.1) is 0 Å². The maximum Gasteiger partial charge on any atom is 0.341 e. The summed E-state index contributed by atoms with van der Waals surface area (Å²) in [6.07, 6.45) is 3.87. The van der Waals surface area contributed by atoms with E-state index in [4.69, 9.17) is 13.9 Å². The predicted molar refractivity (Wildman–Crippen MR) is 195 cm³/mol. The Hall–Kier alpha value is -4.05. The number of hydrogen-bond acceptors (Lipinski definition) is 10. The molecule has 4 fully saturated rings. The molecule has 13 nitrogen and oxygen atoms in total. The Morgan fingerprint density at radius 1 is 0.981 bits per heavy atom. The molecule has 4 atom stereocenters. The van der Waals surface area contributed by atoms with Gasteiger partial charge in [-0.2, -0.15) is 12.7 Å².